The van der Waals surface area contributed by atoms with E-state index in [2.05, 4.69) is 21.2 Å². The molecule has 8 nitrogen and oxygen atoms in total. The maximum Gasteiger partial charge on any atom is 0.244 e. The van der Waals surface area contributed by atoms with Crippen LogP contribution in [0.15, 0.2) is 46.9 Å². The van der Waals surface area contributed by atoms with Gasteiger partial charge in [0, 0.05) is 17.1 Å². The molecule has 2 amide bonds. The molecule has 36 heavy (non-hydrogen) atoms. The van der Waals surface area contributed by atoms with Crippen molar-refractivity contribution in [1.82, 2.24) is 10.2 Å². The number of anilines is 1. The number of halogens is 2. The van der Waals surface area contributed by atoms with Crippen molar-refractivity contribution >= 4 is 55.1 Å². The first-order chi connectivity index (χ1) is 17.0. The minimum Gasteiger partial charge on any atom is -0.495 e. The lowest BCUT2D eigenvalue weighted by Crippen LogP contribution is -2.52. The fourth-order valence-corrected chi connectivity index (χ4v) is 5.77. The molecular formula is C25H31BrClN3O5S. The summed E-state index contributed by atoms with van der Waals surface area (Å²) in [6, 6.07) is 11.2. The second kappa shape index (κ2) is 12.3. The average Bonchev–Trinajstić information content (AvgIpc) is 3.32. The Hall–Kier alpha value is -2.30. The monoisotopic (exact) mass is 599 g/mol. The van der Waals surface area contributed by atoms with Crippen LogP contribution in [0.1, 0.15) is 38.2 Å². The SMILES string of the molecule is COc1ccc(N(CC(=O)N(Cc2cccc(Br)c2)[C@H](C)C(=O)NC2CCCC2)S(C)(=O)=O)cc1Cl. The van der Waals surface area contributed by atoms with Crippen molar-refractivity contribution in [3.8, 4) is 5.75 Å². The third kappa shape index (κ3) is 7.36. The number of nitrogens with zero attached hydrogens (tertiary/aromatic N) is 2. The van der Waals surface area contributed by atoms with E-state index in [1.54, 1.807) is 6.92 Å². The Kier molecular flexibility index (Phi) is 9.66. The Morgan fingerprint density at radius 3 is 2.47 bits per heavy atom. The molecule has 0 unspecified atom stereocenters. The van der Waals surface area contributed by atoms with Gasteiger partial charge in [-0.25, -0.2) is 8.42 Å². The highest BCUT2D eigenvalue weighted by Gasteiger charge is 2.31. The van der Waals surface area contributed by atoms with Crippen molar-refractivity contribution in [3.63, 3.8) is 0 Å². The van der Waals surface area contributed by atoms with Gasteiger partial charge in [-0.05, 0) is 55.7 Å². The summed E-state index contributed by atoms with van der Waals surface area (Å²) in [6.07, 6.45) is 4.98. The second-order valence-corrected chi connectivity index (χ2v) is 12.1. The molecule has 0 aliphatic heterocycles. The van der Waals surface area contributed by atoms with E-state index in [0.717, 1.165) is 46.3 Å². The number of sulfonamides is 1. The van der Waals surface area contributed by atoms with Gasteiger partial charge in [-0.1, -0.05) is 52.5 Å². The number of ether oxygens (including phenoxy) is 1. The highest BCUT2D eigenvalue weighted by Crippen LogP contribution is 2.30. The van der Waals surface area contributed by atoms with Crippen LogP contribution in [0.25, 0.3) is 0 Å². The highest BCUT2D eigenvalue weighted by atomic mass is 79.9. The number of rotatable bonds is 10. The zero-order valence-corrected chi connectivity index (χ0v) is 23.7. The summed E-state index contributed by atoms with van der Waals surface area (Å²) in [5, 5.41) is 3.26. The summed E-state index contributed by atoms with van der Waals surface area (Å²) in [4.78, 5) is 28.1. The molecule has 0 aromatic heterocycles. The molecule has 1 atom stereocenters. The first-order valence-corrected chi connectivity index (χ1v) is 14.7. The minimum absolute atomic E-state index is 0.0942. The van der Waals surface area contributed by atoms with Gasteiger partial charge in [0.1, 0.15) is 18.3 Å². The third-order valence-electron chi connectivity index (χ3n) is 6.21. The summed E-state index contributed by atoms with van der Waals surface area (Å²) in [7, 11) is -2.39. The molecule has 0 saturated heterocycles. The van der Waals surface area contributed by atoms with Crippen molar-refractivity contribution in [1.29, 1.82) is 0 Å². The standard InChI is InChI=1S/C25H31BrClN3O5S/c1-17(25(32)28-20-9-4-5-10-20)29(15-18-7-6-8-19(26)13-18)24(31)16-30(36(3,33)34)21-11-12-23(35-2)22(27)14-21/h6-8,11-14,17,20H,4-5,9-10,15-16H2,1-3H3,(H,28,32)/t17-/m1/s1. The fraction of sp³-hybridized carbons (Fsp3) is 0.440. The van der Waals surface area contributed by atoms with E-state index >= 15 is 0 Å². The highest BCUT2D eigenvalue weighted by molar-refractivity contribution is 9.10. The molecular weight excluding hydrogens is 570 g/mol. The van der Waals surface area contributed by atoms with Crippen molar-refractivity contribution in [2.45, 2.75) is 51.2 Å². The summed E-state index contributed by atoms with van der Waals surface area (Å²) >= 11 is 9.65. The Morgan fingerprint density at radius 2 is 1.89 bits per heavy atom. The van der Waals surface area contributed by atoms with Crippen LogP contribution in [0.3, 0.4) is 0 Å². The Balaban J connectivity index is 1.90. The van der Waals surface area contributed by atoms with Gasteiger partial charge < -0.3 is 15.0 Å². The van der Waals surface area contributed by atoms with E-state index in [9.17, 15) is 18.0 Å². The van der Waals surface area contributed by atoms with Crippen molar-refractivity contribution in [2.75, 3.05) is 24.2 Å². The van der Waals surface area contributed by atoms with Crippen LogP contribution in [0, 0.1) is 0 Å². The second-order valence-electron chi connectivity index (χ2n) is 8.91. The number of hydrogen-bond donors (Lipinski definition) is 1. The van der Waals surface area contributed by atoms with Crippen molar-refractivity contribution < 1.29 is 22.7 Å². The number of nitrogens with one attached hydrogen (secondary N) is 1. The van der Waals surface area contributed by atoms with Gasteiger partial charge in [0.25, 0.3) is 0 Å². The quantitative estimate of drug-likeness (QED) is 0.437. The van der Waals surface area contributed by atoms with Gasteiger partial charge in [0.2, 0.25) is 21.8 Å². The van der Waals surface area contributed by atoms with Gasteiger partial charge >= 0.3 is 0 Å². The van der Waals surface area contributed by atoms with E-state index in [1.165, 1.54) is 30.2 Å². The van der Waals surface area contributed by atoms with E-state index in [0.29, 0.717) is 5.75 Å². The van der Waals surface area contributed by atoms with Gasteiger partial charge in [-0.2, -0.15) is 0 Å². The van der Waals surface area contributed by atoms with Crippen LogP contribution in [0.2, 0.25) is 5.02 Å². The van der Waals surface area contributed by atoms with Gasteiger partial charge in [0.05, 0.1) is 24.1 Å². The van der Waals surface area contributed by atoms with E-state index in [1.807, 2.05) is 24.3 Å². The van der Waals surface area contributed by atoms with E-state index < -0.39 is 28.5 Å². The fourth-order valence-electron chi connectivity index (χ4n) is 4.23. The molecule has 1 saturated carbocycles. The number of carbonyl (C=O) groups is 2. The summed E-state index contributed by atoms with van der Waals surface area (Å²) in [6.45, 7) is 1.31. The maximum absolute atomic E-state index is 13.6. The zero-order chi connectivity index (χ0) is 26.5. The predicted octanol–water partition coefficient (Wildman–Crippen LogP) is 4.35. The lowest BCUT2D eigenvalue weighted by atomic mass is 10.1. The Labute approximate surface area is 226 Å². The largest absolute Gasteiger partial charge is 0.495 e. The molecule has 2 aromatic rings. The molecule has 0 bridgehead atoms. The van der Waals surface area contributed by atoms with Crippen LogP contribution in [-0.2, 0) is 26.2 Å². The number of benzene rings is 2. The summed E-state index contributed by atoms with van der Waals surface area (Å²) in [5.41, 5.74) is 1.03. The number of amides is 2. The van der Waals surface area contributed by atoms with Crippen LogP contribution in [0.5, 0.6) is 5.75 Å². The molecule has 1 fully saturated rings. The predicted molar refractivity (Wildman–Crippen MR) is 145 cm³/mol. The Morgan fingerprint density at radius 1 is 1.19 bits per heavy atom. The molecule has 196 valence electrons. The molecule has 2 aromatic carbocycles. The first-order valence-electron chi connectivity index (χ1n) is 11.6. The minimum atomic E-state index is -3.85. The maximum atomic E-state index is 13.6. The van der Waals surface area contributed by atoms with E-state index in [-0.39, 0.29) is 29.2 Å². The van der Waals surface area contributed by atoms with Gasteiger partial charge in [0.15, 0.2) is 0 Å². The third-order valence-corrected chi connectivity index (χ3v) is 8.14. The van der Waals surface area contributed by atoms with Crippen LogP contribution in [-0.4, -0.2) is 57.1 Å². The molecule has 11 heteroatoms. The van der Waals surface area contributed by atoms with Crippen LogP contribution in [0.4, 0.5) is 5.69 Å². The summed E-state index contributed by atoms with van der Waals surface area (Å²) in [5.74, 6) is -0.390. The normalized spacial score (nSPS) is 14.8. The number of methoxy groups -OCH3 is 1. The molecule has 0 radical (unpaired) electrons. The van der Waals surface area contributed by atoms with Crippen LogP contribution >= 0.6 is 27.5 Å². The summed E-state index contributed by atoms with van der Waals surface area (Å²) < 4.78 is 32.3. The van der Waals surface area contributed by atoms with Crippen molar-refractivity contribution in [3.05, 3.63) is 57.5 Å². The first kappa shape index (κ1) is 28.3. The molecule has 1 N–H and O–H groups in total. The van der Waals surface area contributed by atoms with E-state index in [4.69, 9.17) is 16.3 Å². The Bertz CT molecular complexity index is 1200. The topological polar surface area (TPSA) is 96.0 Å². The lowest BCUT2D eigenvalue weighted by Gasteiger charge is -2.32. The molecule has 1 aliphatic rings. The molecule has 0 spiro atoms. The lowest BCUT2D eigenvalue weighted by molar-refractivity contribution is -0.139. The van der Waals surface area contributed by atoms with Gasteiger partial charge in [-0.15, -0.1) is 0 Å². The number of hydrogen-bond acceptors (Lipinski definition) is 5. The zero-order valence-electron chi connectivity index (χ0n) is 20.5. The van der Waals surface area contributed by atoms with Gasteiger partial charge in [-0.3, -0.25) is 13.9 Å². The smallest absolute Gasteiger partial charge is 0.244 e. The molecule has 1 aliphatic carbocycles. The average molecular weight is 601 g/mol. The van der Waals surface area contributed by atoms with Crippen molar-refractivity contribution in [2.24, 2.45) is 0 Å². The number of carbonyl (C=O) groups excluding carboxylic acids is 2. The molecule has 3 rings (SSSR count). The van der Waals surface area contributed by atoms with Crippen LogP contribution < -0.4 is 14.4 Å². The molecule has 0 heterocycles.